The first-order valence-electron chi connectivity index (χ1n) is 5.63. The molecule has 96 valence electrons. The van der Waals surface area contributed by atoms with Gasteiger partial charge in [-0.05, 0) is 27.2 Å². The molecule has 0 radical (unpaired) electrons. The molecule has 0 rings (SSSR count). The molecule has 0 saturated carbocycles. The van der Waals surface area contributed by atoms with E-state index in [9.17, 15) is 13.2 Å². The Kier molecular flexibility index (Phi) is 6.18. The summed E-state index contributed by atoms with van der Waals surface area (Å²) in [5.74, 6) is 0.175. The first-order valence-corrected chi connectivity index (χ1v) is 7.45. The van der Waals surface area contributed by atoms with Crippen LogP contribution in [0.1, 0.15) is 40.5 Å². The molecule has 0 aliphatic heterocycles. The summed E-state index contributed by atoms with van der Waals surface area (Å²) >= 11 is 0. The molecule has 0 amide bonds. The van der Waals surface area contributed by atoms with Gasteiger partial charge in [-0.2, -0.15) is 0 Å². The van der Waals surface area contributed by atoms with E-state index in [2.05, 4.69) is 0 Å². The minimum Gasteiger partial charge on any atom is -0.368 e. The average molecular weight is 250 g/mol. The number of ether oxygens (including phenoxy) is 1. The summed E-state index contributed by atoms with van der Waals surface area (Å²) in [5.41, 5.74) is -0.801. The topological polar surface area (TPSA) is 60.4 Å². The molecule has 0 aliphatic carbocycles. The van der Waals surface area contributed by atoms with E-state index >= 15 is 0 Å². The van der Waals surface area contributed by atoms with Crippen LogP contribution in [0.5, 0.6) is 0 Å². The van der Waals surface area contributed by atoms with Gasteiger partial charge in [0, 0.05) is 18.8 Å². The third kappa shape index (κ3) is 5.61. The van der Waals surface area contributed by atoms with Crippen LogP contribution < -0.4 is 0 Å². The van der Waals surface area contributed by atoms with Crippen molar-refractivity contribution >= 4 is 15.6 Å². The molecule has 0 heterocycles. The molecule has 0 aromatic carbocycles. The third-order valence-electron chi connectivity index (χ3n) is 2.48. The van der Waals surface area contributed by atoms with E-state index in [0.717, 1.165) is 0 Å². The monoisotopic (exact) mass is 250 g/mol. The molecule has 0 unspecified atom stereocenters. The second-order valence-electron chi connectivity index (χ2n) is 4.21. The zero-order valence-electron chi connectivity index (χ0n) is 10.6. The van der Waals surface area contributed by atoms with Crippen molar-refractivity contribution in [1.82, 2.24) is 0 Å². The van der Waals surface area contributed by atoms with Crippen LogP contribution >= 0.6 is 0 Å². The zero-order valence-corrected chi connectivity index (χ0v) is 11.4. The van der Waals surface area contributed by atoms with Crippen molar-refractivity contribution in [2.45, 2.75) is 46.1 Å². The molecule has 4 nitrogen and oxygen atoms in total. The largest absolute Gasteiger partial charge is 0.368 e. The van der Waals surface area contributed by atoms with E-state index in [4.69, 9.17) is 4.74 Å². The number of hydrogen-bond acceptors (Lipinski definition) is 4. The average Bonchev–Trinajstić information content (AvgIpc) is 2.17. The molecular weight excluding hydrogens is 228 g/mol. The molecular formula is C11H22O4S. The number of hydrogen-bond donors (Lipinski definition) is 0. The maximum atomic E-state index is 11.7. The Bertz CT molecular complexity index is 317. The zero-order chi connectivity index (χ0) is 12.8. The summed E-state index contributed by atoms with van der Waals surface area (Å²) in [5, 5.41) is 0. The van der Waals surface area contributed by atoms with Crippen molar-refractivity contribution < 1.29 is 17.9 Å². The third-order valence-corrected chi connectivity index (χ3v) is 4.27. The van der Waals surface area contributed by atoms with Crippen molar-refractivity contribution in [2.75, 3.05) is 18.1 Å². The molecule has 0 spiro atoms. The molecule has 0 bridgehead atoms. The fraction of sp³-hybridized carbons (Fsp3) is 0.909. The Balaban J connectivity index is 4.09. The van der Waals surface area contributed by atoms with Gasteiger partial charge in [-0.15, -0.1) is 0 Å². The highest BCUT2D eigenvalue weighted by atomic mass is 32.2. The van der Waals surface area contributed by atoms with Crippen LogP contribution in [0.25, 0.3) is 0 Å². The molecule has 5 heteroatoms. The second-order valence-corrected chi connectivity index (χ2v) is 6.68. The molecule has 0 N–H and O–H groups in total. The number of carbonyl (C=O) groups is 1. The van der Waals surface area contributed by atoms with Crippen LogP contribution in [0.3, 0.4) is 0 Å². The predicted octanol–water partition coefficient (Wildman–Crippen LogP) is 1.59. The van der Waals surface area contributed by atoms with Crippen LogP contribution in [-0.4, -0.2) is 37.9 Å². The Morgan fingerprint density at radius 2 is 1.81 bits per heavy atom. The summed E-state index contributed by atoms with van der Waals surface area (Å²) in [6.07, 6.45) is 0.637. The number of Topliss-reactive ketones (excluding diaryl/α,β-unsaturated/α-hetero) is 1. The normalized spacial score (nSPS) is 12.8. The second kappa shape index (κ2) is 6.35. The number of carbonyl (C=O) groups excluding carboxylic acids is 1. The van der Waals surface area contributed by atoms with E-state index in [1.807, 2.05) is 6.92 Å². The van der Waals surface area contributed by atoms with E-state index in [1.54, 1.807) is 20.8 Å². The fourth-order valence-corrected chi connectivity index (χ4v) is 2.21. The van der Waals surface area contributed by atoms with Gasteiger partial charge in [-0.3, -0.25) is 4.79 Å². The van der Waals surface area contributed by atoms with Gasteiger partial charge in [0.2, 0.25) is 0 Å². The van der Waals surface area contributed by atoms with Gasteiger partial charge in [0.1, 0.15) is 15.4 Å². The van der Waals surface area contributed by atoms with E-state index in [-0.39, 0.29) is 23.7 Å². The summed E-state index contributed by atoms with van der Waals surface area (Å²) < 4.78 is 27.7. The van der Waals surface area contributed by atoms with Gasteiger partial charge in [0.25, 0.3) is 0 Å². The lowest BCUT2D eigenvalue weighted by atomic mass is 10.00. The fourth-order valence-electron chi connectivity index (χ4n) is 1.34. The molecule has 0 saturated heterocycles. The summed E-state index contributed by atoms with van der Waals surface area (Å²) in [7, 11) is -2.97. The minimum absolute atomic E-state index is 0.0411. The first-order chi connectivity index (χ1) is 7.25. The van der Waals surface area contributed by atoms with Gasteiger partial charge < -0.3 is 4.74 Å². The van der Waals surface area contributed by atoms with Gasteiger partial charge in [-0.25, -0.2) is 8.42 Å². The van der Waals surface area contributed by atoms with E-state index < -0.39 is 15.4 Å². The highest BCUT2D eigenvalue weighted by molar-refractivity contribution is 7.91. The predicted molar refractivity (Wildman–Crippen MR) is 64.3 cm³/mol. The lowest BCUT2D eigenvalue weighted by molar-refractivity contribution is -0.139. The van der Waals surface area contributed by atoms with Crippen LogP contribution in [-0.2, 0) is 19.4 Å². The Labute approximate surface area is 98.3 Å². The molecule has 0 aromatic heterocycles. The van der Waals surface area contributed by atoms with Gasteiger partial charge >= 0.3 is 0 Å². The molecule has 0 aliphatic rings. The van der Waals surface area contributed by atoms with Crippen LogP contribution in [0.15, 0.2) is 0 Å². The molecule has 16 heavy (non-hydrogen) atoms. The van der Waals surface area contributed by atoms with E-state index in [1.165, 1.54) is 0 Å². The van der Waals surface area contributed by atoms with Crippen LogP contribution in [0.4, 0.5) is 0 Å². The molecule has 0 aromatic rings. The van der Waals surface area contributed by atoms with Crippen molar-refractivity contribution in [2.24, 2.45) is 0 Å². The van der Waals surface area contributed by atoms with Gasteiger partial charge in [0.15, 0.2) is 5.78 Å². The number of sulfone groups is 1. The number of ketones is 1. The molecule has 0 atom stereocenters. The summed E-state index contributed by atoms with van der Waals surface area (Å²) in [4.78, 5) is 11.7. The van der Waals surface area contributed by atoms with Gasteiger partial charge in [0.05, 0.1) is 5.75 Å². The van der Waals surface area contributed by atoms with Crippen molar-refractivity contribution in [1.29, 1.82) is 0 Å². The highest BCUT2D eigenvalue weighted by Gasteiger charge is 2.27. The smallest absolute Gasteiger partial charge is 0.164 e. The number of rotatable bonds is 8. The quantitative estimate of drug-likeness (QED) is 0.656. The Morgan fingerprint density at radius 1 is 1.25 bits per heavy atom. The Morgan fingerprint density at radius 3 is 2.25 bits per heavy atom. The van der Waals surface area contributed by atoms with Gasteiger partial charge in [-0.1, -0.05) is 6.92 Å². The minimum atomic E-state index is -2.97. The standard InChI is InChI=1S/C11H22O4S/c1-5-15-11(3,4)10(12)8-7-9-16(13,14)6-2/h5-9H2,1-4H3. The SMILES string of the molecule is CCOC(C)(C)C(=O)CCCS(=O)(=O)CC. The molecule has 0 fully saturated rings. The van der Waals surface area contributed by atoms with Crippen LogP contribution in [0.2, 0.25) is 0 Å². The Hall–Kier alpha value is -0.420. The maximum Gasteiger partial charge on any atom is 0.164 e. The first kappa shape index (κ1) is 15.6. The van der Waals surface area contributed by atoms with Crippen molar-refractivity contribution in [3.05, 3.63) is 0 Å². The van der Waals surface area contributed by atoms with Crippen molar-refractivity contribution in [3.63, 3.8) is 0 Å². The lowest BCUT2D eigenvalue weighted by Crippen LogP contribution is -2.35. The summed E-state index contributed by atoms with van der Waals surface area (Å²) in [6, 6.07) is 0. The van der Waals surface area contributed by atoms with Crippen LogP contribution in [0, 0.1) is 0 Å². The van der Waals surface area contributed by atoms with E-state index in [0.29, 0.717) is 13.0 Å². The van der Waals surface area contributed by atoms with Crippen molar-refractivity contribution in [3.8, 4) is 0 Å². The lowest BCUT2D eigenvalue weighted by Gasteiger charge is -2.22. The maximum absolute atomic E-state index is 11.7. The summed E-state index contributed by atoms with van der Waals surface area (Å²) in [6.45, 7) is 7.35. The highest BCUT2D eigenvalue weighted by Crippen LogP contribution is 2.14.